The Labute approximate surface area is 111 Å². The van der Waals surface area contributed by atoms with E-state index in [0.717, 1.165) is 12.1 Å². The molecule has 0 fully saturated rings. The summed E-state index contributed by atoms with van der Waals surface area (Å²) in [6.45, 7) is 1.82. The average Bonchev–Trinajstić information content (AvgIpc) is 2.35. The lowest BCUT2D eigenvalue weighted by atomic mass is 10.2. The highest BCUT2D eigenvalue weighted by Crippen LogP contribution is 2.28. The zero-order valence-corrected chi connectivity index (χ0v) is 11.4. The largest absolute Gasteiger partial charge is 0.417 e. The third kappa shape index (κ3) is 3.44. The normalized spacial score (nSPS) is 13.2. The summed E-state index contributed by atoms with van der Waals surface area (Å²) in [5, 5.41) is 0.579. The fraction of sp³-hybridized carbons (Fsp3) is 0.455. The Morgan fingerprint density at radius 3 is 2.50 bits per heavy atom. The number of aromatic nitrogens is 1. The number of rotatable bonds is 3. The summed E-state index contributed by atoms with van der Waals surface area (Å²) in [5.74, 6) is -0.407. The molecule has 1 aromatic rings. The highest BCUT2D eigenvalue weighted by molar-refractivity contribution is 9.09. The predicted octanol–water partition coefficient (Wildman–Crippen LogP) is 2.96. The molecule has 0 bridgehead atoms. The molecule has 0 aromatic carbocycles. The van der Waals surface area contributed by atoms with Gasteiger partial charge in [-0.2, -0.15) is 13.2 Å². The van der Waals surface area contributed by atoms with E-state index >= 15 is 0 Å². The van der Waals surface area contributed by atoms with Crippen molar-refractivity contribution >= 4 is 21.8 Å². The lowest BCUT2D eigenvalue weighted by molar-refractivity contribution is -0.137. The van der Waals surface area contributed by atoms with Crippen molar-refractivity contribution in [2.75, 3.05) is 12.4 Å². The lowest BCUT2D eigenvalue weighted by Gasteiger charge is -2.22. The van der Waals surface area contributed by atoms with Crippen LogP contribution in [-0.4, -0.2) is 34.2 Å². The van der Waals surface area contributed by atoms with Crippen molar-refractivity contribution in [3.8, 4) is 0 Å². The molecule has 3 nitrogen and oxygen atoms in total. The highest BCUT2D eigenvalue weighted by atomic mass is 79.9. The predicted molar refractivity (Wildman–Crippen MR) is 64.6 cm³/mol. The van der Waals surface area contributed by atoms with Crippen LogP contribution in [0.3, 0.4) is 0 Å². The molecule has 0 radical (unpaired) electrons. The Balaban J connectivity index is 2.89. The summed E-state index contributed by atoms with van der Waals surface area (Å²) in [6.07, 6.45) is -3.77. The van der Waals surface area contributed by atoms with E-state index in [0.29, 0.717) is 11.5 Å². The van der Waals surface area contributed by atoms with Crippen LogP contribution in [0.4, 0.5) is 13.2 Å². The molecular formula is C11H12BrF3N2O. The first-order valence-electron chi connectivity index (χ1n) is 5.13. The quantitative estimate of drug-likeness (QED) is 0.801. The Hall–Kier alpha value is -1.11. The number of nitrogens with zero attached hydrogens (tertiary/aromatic N) is 2. The van der Waals surface area contributed by atoms with Gasteiger partial charge in [0.15, 0.2) is 0 Å². The van der Waals surface area contributed by atoms with Crippen molar-refractivity contribution in [1.29, 1.82) is 0 Å². The molecule has 0 saturated carbocycles. The Kier molecular flexibility index (Phi) is 4.72. The number of halogens is 4. The van der Waals surface area contributed by atoms with Crippen LogP contribution in [-0.2, 0) is 6.18 Å². The first kappa shape index (κ1) is 14.9. The number of hydrogen-bond donors (Lipinski definition) is 0. The van der Waals surface area contributed by atoms with Crippen LogP contribution in [0.5, 0.6) is 0 Å². The number of hydrogen-bond acceptors (Lipinski definition) is 2. The van der Waals surface area contributed by atoms with E-state index in [9.17, 15) is 18.0 Å². The summed E-state index contributed by atoms with van der Waals surface area (Å²) in [4.78, 5) is 16.8. The van der Waals surface area contributed by atoms with Gasteiger partial charge in [-0.15, -0.1) is 0 Å². The average molecular weight is 325 g/mol. The molecule has 0 saturated heterocycles. The van der Waals surface area contributed by atoms with E-state index in [1.165, 1.54) is 4.90 Å². The van der Waals surface area contributed by atoms with Gasteiger partial charge in [0.2, 0.25) is 0 Å². The zero-order chi connectivity index (χ0) is 13.9. The molecule has 1 amide bonds. The number of alkyl halides is 4. The molecule has 0 aliphatic heterocycles. The van der Waals surface area contributed by atoms with Crippen molar-refractivity contribution in [3.05, 3.63) is 29.6 Å². The third-order valence-corrected chi connectivity index (χ3v) is 3.45. The van der Waals surface area contributed by atoms with Gasteiger partial charge in [-0.3, -0.25) is 9.78 Å². The zero-order valence-electron chi connectivity index (χ0n) is 9.83. The maximum absolute atomic E-state index is 12.3. The van der Waals surface area contributed by atoms with Crippen LogP contribution < -0.4 is 0 Å². The van der Waals surface area contributed by atoms with E-state index in [-0.39, 0.29) is 11.7 Å². The molecule has 0 spiro atoms. The van der Waals surface area contributed by atoms with E-state index in [1.54, 1.807) is 7.05 Å². The molecule has 1 unspecified atom stereocenters. The Morgan fingerprint density at radius 2 is 2.11 bits per heavy atom. The minimum Gasteiger partial charge on any atom is -0.337 e. The summed E-state index contributed by atoms with van der Waals surface area (Å²) in [7, 11) is 1.58. The molecule has 1 heterocycles. The van der Waals surface area contributed by atoms with Gasteiger partial charge in [-0.25, -0.2) is 0 Å². The SMILES string of the molecule is CC(CBr)N(C)C(=O)c1ccc(C(F)(F)F)cn1. The van der Waals surface area contributed by atoms with Crippen molar-refractivity contribution in [2.24, 2.45) is 0 Å². The fourth-order valence-electron chi connectivity index (χ4n) is 1.17. The van der Waals surface area contributed by atoms with Crippen LogP contribution in [0, 0.1) is 0 Å². The second kappa shape index (κ2) is 5.69. The number of pyridine rings is 1. The van der Waals surface area contributed by atoms with Crippen LogP contribution >= 0.6 is 15.9 Å². The molecule has 18 heavy (non-hydrogen) atoms. The van der Waals surface area contributed by atoms with Gasteiger partial charge in [0.1, 0.15) is 5.69 Å². The number of carbonyl (C=O) groups excluding carboxylic acids is 1. The second-order valence-corrected chi connectivity index (χ2v) is 4.50. The van der Waals surface area contributed by atoms with Gasteiger partial charge < -0.3 is 4.90 Å². The minimum absolute atomic E-state index is 0.00157. The topological polar surface area (TPSA) is 33.2 Å². The van der Waals surface area contributed by atoms with Crippen LogP contribution in [0.1, 0.15) is 23.0 Å². The van der Waals surface area contributed by atoms with Crippen LogP contribution in [0.2, 0.25) is 0 Å². The van der Waals surface area contributed by atoms with E-state index < -0.39 is 17.6 Å². The van der Waals surface area contributed by atoms with Crippen LogP contribution in [0.15, 0.2) is 18.3 Å². The maximum atomic E-state index is 12.3. The summed E-state index contributed by atoms with van der Waals surface area (Å²) < 4.78 is 37.0. The molecule has 1 aromatic heterocycles. The van der Waals surface area contributed by atoms with Gasteiger partial charge >= 0.3 is 6.18 Å². The van der Waals surface area contributed by atoms with Gasteiger partial charge in [-0.1, -0.05) is 15.9 Å². The Morgan fingerprint density at radius 1 is 1.50 bits per heavy atom. The molecular weight excluding hydrogens is 313 g/mol. The molecule has 0 aliphatic carbocycles. The van der Waals surface area contributed by atoms with Crippen molar-refractivity contribution < 1.29 is 18.0 Å². The maximum Gasteiger partial charge on any atom is 0.417 e. The standard InChI is InChI=1S/C11H12BrF3N2O/c1-7(5-12)17(2)10(18)9-4-3-8(6-16-9)11(13,14)15/h3-4,6-7H,5H2,1-2H3. The lowest BCUT2D eigenvalue weighted by Crippen LogP contribution is -2.36. The Bertz CT molecular complexity index is 419. The second-order valence-electron chi connectivity index (χ2n) is 3.85. The fourth-order valence-corrected chi connectivity index (χ4v) is 1.61. The van der Waals surface area contributed by atoms with Gasteiger partial charge in [0, 0.05) is 24.6 Å². The summed E-state index contributed by atoms with van der Waals surface area (Å²) in [6, 6.07) is 1.87. The molecule has 1 rings (SSSR count). The first-order valence-corrected chi connectivity index (χ1v) is 6.26. The molecule has 1 atom stereocenters. The van der Waals surface area contributed by atoms with E-state index in [2.05, 4.69) is 20.9 Å². The van der Waals surface area contributed by atoms with Gasteiger partial charge in [0.25, 0.3) is 5.91 Å². The summed E-state index contributed by atoms with van der Waals surface area (Å²) in [5.41, 5.74) is -0.867. The third-order valence-electron chi connectivity index (χ3n) is 2.51. The van der Waals surface area contributed by atoms with Crippen molar-refractivity contribution in [2.45, 2.75) is 19.1 Å². The highest BCUT2D eigenvalue weighted by Gasteiger charge is 2.31. The monoisotopic (exact) mass is 324 g/mol. The molecule has 0 aliphatic rings. The van der Waals surface area contributed by atoms with Crippen LogP contribution in [0.25, 0.3) is 0 Å². The smallest absolute Gasteiger partial charge is 0.337 e. The van der Waals surface area contributed by atoms with E-state index in [1.807, 2.05) is 6.92 Å². The molecule has 7 heteroatoms. The number of amides is 1. The summed E-state index contributed by atoms with van der Waals surface area (Å²) >= 11 is 3.23. The first-order chi connectivity index (χ1) is 8.27. The van der Waals surface area contributed by atoms with Crippen molar-refractivity contribution in [3.63, 3.8) is 0 Å². The van der Waals surface area contributed by atoms with Gasteiger partial charge in [0.05, 0.1) is 5.56 Å². The van der Waals surface area contributed by atoms with Gasteiger partial charge in [-0.05, 0) is 19.1 Å². The number of carbonyl (C=O) groups is 1. The van der Waals surface area contributed by atoms with Crippen molar-refractivity contribution in [1.82, 2.24) is 9.88 Å². The van der Waals surface area contributed by atoms with E-state index in [4.69, 9.17) is 0 Å². The minimum atomic E-state index is -4.44. The molecule has 100 valence electrons. The molecule has 0 N–H and O–H groups in total.